The van der Waals surface area contributed by atoms with E-state index in [2.05, 4.69) is 23.0 Å². The number of hydrogen-bond donors (Lipinski definition) is 1. The molecular weight excluding hydrogens is 439 g/mol. The van der Waals surface area contributed by atoms with Gasteiger partial charge in [0.25, 0.3) is 0 Å². The van der Waals surface area contributed by atoms with Crippen LogP contribution in [0.15, 0.2) is 72.9 Å². The molecule has 6 heteroatoms. The highest BCUT2D eigenvalue weighted by Gasteiger charge is 2.17. The summed E-state index contributed by atoms with van der Waals surface area (Å²) in [6, 6.07) is 21.1. The van der Waals surface area contributed by atoms with Crippen molar-refractivity contribution in [3.63, 3.8) is 0 Å². The Bertz CT molecular complexity index is 1480. The maximum absolute atomic E-state index is 14.3. The van der Waals surface area contributed by atoms with Crippen molar-refractivity contribution >= 4 is 10.9 Å². The SMILES string of the molecule is CCCCOc1cc(Cc2nc(-c3ccc4ncccc4c3)c(-c3cccc(C)n3)[nH]2)ccc1F. The third-order valence-electron chi connectivity index (χ3n) is 5.90. The summed E-state index contributed by atoms with van der Waals surface area (Å²) in [7, 11) is 0. The zero-order chi connectivity index (χ0) is 24.2. The molecule has 0 saturated heterocycles. The van der Waals surface area contributed by atoms with Gasteiger partial charge in [-0.25, -0.2) is 9.37 Å². The summed E-state index contributed by atoms with van der Waals surface area (Å²) in [5.41, 5.74) is 6.27. The molecule has 3 heterocycles. The molecule has 5 rings (SSSR count). The molecule has 0 atom stereocenters. The Kier molecular flexibility index (Phi) is 6.53. The lowest BCUT2D eigenvalue weighted by molar-refractivity contribution is 0.294. The van der Waals surface area contributed by atoms with E-state index in [1.165, 1.54) is 6.07 Å². The molecule has 5 nitrogen and oxygen atoms in total. The van der Waals surface area contributed by atoms with Crippen LogP contribution in [0.3, 0.4) is 0 Å². The van der Waals surface area contributed by atoms with Crippen LogP contribution in [0.5, 0.6) is 5.75 Å². The maximum atomic E-state index is 14.3. The van der Waals surface area contributed by atoms with Crippen molar-refractivity contribution in [2.75, 3.05) is 6.61 Å². The molecule has 0 saturated carbocycles. The van der Waals surface area contributed by atoms with E-state index in [0.29, 0.717) is 13.0 Å². The minimum Gasteiger partial charge on any atom is -0.491 e. The number of benzene rings is 2. The second kappa shape index (κ2) is 10.1. The van der Waals surface area contributed by atoms with Gasteiger partial charge in [0.2, 0.25) is 0 Å². The minimum atomic E-state index is -0.348. The third kappa shape index (κ3) is 5.06. The van der Waals surface area contributed by atoms with Crippen LogP contribution in [0.1, 0.15) is 36.8 Å². The van der Waals surface area contributed by atoms with Gasteiger partial charge in [0.05, 0.1) is 29.2 Å². The van der Waals surface area contributed by atoms with Gasteiger partial charge in [0.1, 0.15) is 5.82 Å². The Balaban J connectivity index is 1.53. The van der Waals surface area contributed by atoms with Crippen molar-refractivity contribution in [2.24, 2.45) is 0 Å². The lowest BCUT2D eigenvalue weighted by atomic mass is 10.1. The first-order valence-corrected chi connectivity index (χ1v) is 11.9. The van der Waals surface area contributed by atoms with Crippen LogP contribution >= 0.6 is 0 Å². The zero-order valence-corrected chi connectivity index (χ0v) is 19.9. The molecular formula is C29H27FN4O. The van der Waals surface area contributed by atoms with E-state index in [-0.39, 0.29) is 11.6 Å². The first-order chi connectivity index (χ1) is 17.1. The number of aromatic amines is 1. The van der Waals surface area contributed by atoms with Gasteiger partial charge >= 0.3 is 0 Å². The fourth-order valence-electron chi connectivity index (χ4n) is 4.09. The molecule has 0 spiro atoms. The van der Waals surface area contributed by atoms with Gasteiger partial charge in [-0.05, 0) is 61.4 Å². The molecule has 1 N–H and O–H groups in total. The normalized spacial score (nSPS) is 11.2. The Labute approximate surface area is 204 Å². The van der Waals surface area contributed by atoms with Gasteiger partial charge < -0.3 is 9.72 Å². The Morgan fingerprint density at radius 3 is 2.74 bits per heavy atom. The summed E-state index contributed by atoms with van der Waals surface area (Å²) in [5.74, 6) is 0.709. The van der Waals surface area contributed by atoms with Gasteiger partial charge in [-0.3, -0.25) is 9.97 Å². The van der Waals surface area contributed by atoms with E-state index < -0.39 is 0 Å². The van der Waals surface area contributed by atoms with Gasteiger partial charge in [-0.1, -0.05) is 37.6 Å². The fourth-order valence-corrected chi connectivity index (χ4v) is 4.09. The fraction of sp³-hybridized carbons (Fsp3) is 0.207. The molecule has 35 heavy (non-hydrogen) atoms. The molecule has 0 unspecified atom stereocenters. The van der Waals surface area contributed by atoms with Crippen LogP contribution in [0.2, 0.25) is 0 Å². The van der Waals surface area contributed by atoms with Crippen molar-refractivity contribution in [1.29, 1.82) is 0 Å². The van der Waals surface area contributed by atoms with Crippen molar-refractivity contribution < 1.29 is 9.13 Å². The third-order valence-corrected chi connectivity index (χ3v) is 5.90. The number of nitrogens with one attached hydrogen (secondary N) is 1. The molecule has 0 aliphatic rings. The van der Waals surface area contributed by atoms with E-state index in [1.54, 1.807) is 18.3 Å². The topological polar surface area (TPSA) is 63.7 Å². The second-order valence-electron chi connectivity index (χ2n) is 8.63. The molecule has 2 aromatic carbocycles. The lowest BCUT2D eigenvalue weighted by Crippen LogP contribution is -2.00. The number of aryl methyl sites for hydroxylation is 1. The van der Waals surface area contributed by atoms with E-state index in [4.69, 9.17) is 14.7 Å². The molecule has 3 aromatic heterocycles. The zero-order valence-electron chi connectivity index (χ0n) is 19.9. The molecule has 5 aromatic rings. The first-order valence-electron chi connectivity index (χ1n) is 11.9. The summed E-state index contributed by atoms with van der Waals surface area (Å²) < 4.78 is 19.9. The number of unbranched alkanes of at least 4 members (excludes halogenated alkanes) is 1. The van der Waals surface area contributed by atoms with Crippen LogP contribution in [-0.4, -0.2) is 26.5 Å². The van der Waals surface area contributed by atoms with E-state index >= 15 is 0 Å². The highest BCUT2D eigenvalue weighted by Crippen LogP contribution is 2.32. The van der Waals surface area contributed by atoms with Crippen molar-refractivity contribution in [3.05, 3.63) is 95.8 Å². The molecule has 0 aliphatic carbocycles. The smallest absolute Gasteiger partial charge is 0.165 e. The number of ether oxygens (including phenoxy) is 1. The minimum absolute atomic E-state index is 0.283. The lowest BCUT2D eigenvalue weighted by Gasteiger charge is -2.08. The molecule has 0 fully saturated rings. The largest absolute Gasteiger partial charge is 0.491 e. The van der Waals surface area contributed by atoms with E-state index in [0.717, 1.165) is 63.5 Å². The molecule has 0 amide bonds. The van der Waals surface area contributed by atoms with Crippen LogP contribution in [0.25, 0.3) is 33.5 Å². The summed E-state index contributed by atoms with van der Waals surface area (Å²) in [6.45, 7) is 4.56. The number of aromatic nitrogens is 4. The summed E-state index contributed by atoms with van der Waals surface area (Å²) in [4.78, 5) is 17.6. The van der Waals surface area contributed by atoms with E-state index in [9.17, 15) is 4.39 Å². The average Bonchev–Trinajstić information content (AvgIpc) is 3.29. The Hall–Kier alpha value is -4.06. The van der Waals surface area contributed by atoms with Crippen molar-refractivity contribution in [3.8, 4) is 28.4 Å². The Morgan fingerprint density at radius 1 is 0.971 bits per heavy atom. The predicted molar refractivity (Wildman–Crippen MR) is 137 cm³/mol. The number of hydrogen-bond acceptors (Lipinski definition) is 4. The highest BCUT2D eigenvalue weighted by atomic mass is 19.1. The van der Waals surface area contributed by atoms with Gasteiger partial charge in [-0.15, -0.1) is 0 Å². The van der Waals surface area contributed by atoms with Gasteiger partial charge in [0, 0.05) is 29.3 Å². The number of pyridine rings is 2. The van der Waals surface area contributed by atoms with Crippen molar-refractivity contribution in [1.82, 2.24) is 19.9 Å². The number of nitrogens with zero attached hydrogens (tertiary/aromatic N) is 3. The van der Waals surface area contributed by atoms with E-state index in [1.807, 2.05) is 49.4 Å². The standard InChI is InChI=1S/C29H27FN4O/c1-3-4-15-35-26-16-20(10-12-23(26)30)17-27-33-28(29(34-27)25-9-5-7-19(2)32-25)22-11-13-24-21(18-22)8-6-14-31-24/h5-14,16,18H,3-4,15,17H2,1-2H3,(H,33,34). The number of rotatable bonds is 8. The average molecular weight is 467 g/mol. The number of H-pyrrole nitrogens is 1. The first kappa shape index (κ1) is 22.7. The molecule has 0 aliphatic heterocycles. The molecule has 0 bridgehead atoms. The maximum Gasteiger partial charge on any atom is 0.165 e. The van der Waals surface area contributed by atoms with Crippen LogP contribution in [0, 0.1) is 12.7 Å². The van der Waals surface area contributed by atoms with Crippen molar-refractivity contribution in [2.45, 2.75) is 33.1 Å². The van der Waals surface area contributed by atoms with Gasteiger partial charge in [-0.2, -0.15) is 0 Å². The number of imidazole rings is 1. The van der Waals surface area contributed by atoms with Crippen LogP contribution in [-0.2, 0) is 6.42 Å². The predicted octanol–water partition coefficient (Wildman–Crippen LogP) is 6.90. The highest BCUT2D eigenvalue weighted by molar-refractivity contribution is 5.86. The summed E-state index contributed by atoms with van der Waals surface area (Å²) in [6.07, 6.45) is 4.19. The monoisotopic (exact) mass is 466 g/mol. The molecule has 176 valence electrons. The van der Waals surface area contributed by atoms with Crippen LogP contribution < -0.4 is 4.74 Å². The number of halogens is 1. The second-order valence-corrected chi connectivity index (χ2v) is 8.63. The quantitative estimate of drug-likeness (QED) is 0.253. The molecule has 0 radical (unpaired) electrons. The summed E-state index contributed by atoms with van der Waals surface area (Å²) in [5, 5.41) is 1.05. The Morgan fingerprint density at radius 2 is 1.89 bits per heavy atom. The van der Waals surface area contributed by atoms with Crippen LogP contribution in [0.4, 0.5) is 4.39 Å². The van der Waals surface area contributed by atoms with Gasteiger partial charge in [0.15, 0.2) is 11.6 Å². The summed E-state index contributed by atoms with van der Waals surface area (Å²) >= 11 is 0. The number of fused-ring (bicyclic) bond motifs is 1.